The van der Waals surface area contributed by atoms with Crippen LogP contribution in [0.1, 0.15) is 16.7 Å². The van der Waals surface area contributed by atoms with E-state index in [2.05, 4.69) is 31.9 Å². The zero-order chi connectivity index (χ0) is 22.8. The molecular formula is C20H22Br2ClN3O4S. The van der Waals surface area contributed by atoms with Crippen LogP contribution in [0.4, 0.5) is 11.4 Å². The lowest BCUT2D eigenvalue weighted by Crippen LogP contribution is -2.38. The number of alkyl halides is 2. The maximum absolute atomic E-state index is 13.8. The molecule has 2 aromatic rings. The summed E-state index contributed by atoms with van der Waals surface area (Å²) in [5.41, 5.74) is 2.62. The van der Waals surface area contributed by atoms with Gasteiger partial charge in [-0.25, -0.2) is 8.42 Å². The number of nitro groups is 1. The Morgan fingerprint density at radius 1 is 1.23 bits per heavy atom. The molecule has 0 spiro atoms. The second kappa shape index (κ2) is 10.2. The molecule has 0 bridgehead atoms. The zero-order valence-corrected chi connectivity index (χ0v) is 21.6. The van der Waals surface area contributed by atoms with Gasteiger partial charge < -0.3 is 4.90 Å². The molecule has 2 aromatic carbocycles. The van der Waals surface area contributed by atoms with Crippen molar-refractivity contribution in [3.63, 3.8) is 0 Å². The zero-order valence-electron chi connectivity index (χ0n) is 16.9. The maximum Gasteiger partial charge on any atom is 0.271 e. The fraction of sp³-hybridized carbons (Fsp3) is 0.400. The fourth-order valence-corrected chi connectivity index (χ4v) is 6.72. The molecular weight excluding hydrogens is 574 g/mol. The lowest BCUT2D eigenvalue weighted by atomic mass is 10.0. The Labute approximate surface area is 203 Å². The molecule has 1 aliphatic heterocycles. The standard InChI is InChI=1S/C20H22Br2ClN3O4S/c1-14-11-16(26(27)28)12-19(20(14)24(9-6-21)10-7-22)31(29,30)25-8-5-17-15(13-25)3-2-4-18(17)23/h2-4,11-12H,5-10,13H2,1H3. The van der Waals surface area contributed by atoms with Gasteiger partial charge in [-0.15, -0.1) is 0 Å². The summed E-state index contributed by atoms with van der Waals surface area (Å²) in [5, 5.41) is 13.4. The predicted octanol–water partition coefficient (Wildman–Crippen LogP) is 4.90. The van der Waals surface area contributed by atoms with E-state index >= 15 is 0 Å². The van der Waals surface area contributed by atoms with Crippen LogP contribution >= 0.6 is 43.5 Å². The molecule has 0 unspecified atom stereocenters. The minimum Gasteiger partial charge on any atom is -0.369 e. The molecule has 0 atom stereocenters. The number of halogens is 3. The van der Waals surface area contributed by atoms with E-state index in [4.69, 9.17) is 11.6 Å². The Kier molecular flexibility index (Phi) is 8.01. The minimum absolute atomic E-state index is 0.0356. The third kappa shape index (κ3) is 5.08. The first-order valence-corrected chi connectivity index (χ1v) is 13.7. The van der Waals surface area contributed by atoms with Gasteiger partial charge in [0.1, 0.15) is 4.90 Å². The number of hydrogen-bond acceptors (Lipinski definition) is 5. The summed E-state index contributed by atoms with van der Waals surface area (Å²) in [5.74, 6) is 0. The highest BCUT2D eigenvalue weighted by Gasteiger charge is 2.34. The third-order valence-corrected chi connectivity index (χ3v) is 8.20. The van der Waals surface area contributed by atoms with E-state index in [-0.39, 0.29) is 23.7 Å². The van der Waals surface area contributed by atoms with Crippen molar-refractivity contribution in [1.29, 1.82) is 0 Å². The van der Waals surface area contributed by atoms with Crippen LogP contribution in [0.25, 0.3) is 0 Å². The number of benzene rings is 2. The summed E-state index contributed by atoms with van der Waals surface area (Å²) in [4.78, 5) is 12.8. The number of nitrogens with zero attached hydrogens (tertiary/aromatic N) is 3. The van der Waals surface area contributed by atoms with Crippen molar-refractivity contribution >= 4 is 64.9 Å². The van der Waals surface area contributed by atoms with E-state index in [0.29, 0.717) is 46.4 Å². The normalized spacial score (nSPS) is 14.3. The third-order valence-electron chi connectivity index (χ3n) is 5.28. The molecule has 0 aromatic heterocycles. The number of rotatable bonds is 8. The molecule has 0 aliphatic carbocycles. The SMILES string of the molecule is Cc1cc([N+](=O)[O-])cc(S(=O)(=O)N2CCc3c(Cl)cccc3C2)c1N(CCBr)CCBr. The first-order valence-electron chi connectivity index (χ1n) is 9.63. The molecule has 1 aliphatic rings. The van der Waals surface area contributed by atoms with E-state index in [0.717, 1.165) is 11.1 Å². The van der Waals surface area contributed by atoms with Gasteiger partial charge in [0.25, 0.3) is 5.69 Å². The smallest absolute Gasteiger partial charge is 0.271 e. The summed E-state index contributed by atoms with van der Waals surface area (Å²) in [6, 6.07) is 8.07. The average Bonchev–Trinajstić information content (AvgIpc) is 2.73. The molecule has 0 amide bonds. The molecule has 0 N–H and O–H groups in total. The second-order valence-corrected chi connectivity index (χ2v) is 11.1. The van der Waals surface area contributed by atoms with Crippen molar-refractivity contribution < 1.29 is 13.3 Å². The van der Waals surface area contributed by atoms with E-state index < -0.39 is 14.9 Å². The van der Waals surface area contributed by atoms with Crippen LogP contribution in [0.5, 0.6) is 0 Å². The molecule has 7 nitrogen and oxygen atoms in total. The lowest BCUT2D eigenvalue weighted by Gasteiger charge is -2.32. The van der Waals surface area contributed by atoms with Crippen molar-refractivity contribution in [2.45, 2.75) is 24.8 Å². The van der Waals surface area contributed by atoms with Gasteiger partial charge in [0.05, 0.1) is 10.6 Å². The Hall–Kier alpha value is -1.20. The molecule has 31 heavy (non-hydrogen) atoms. The summed E-state index contributed by atoms with van der Waals surface area (Å²) in [7, 11) is -3.99. The monoisotopic (exact) mass is 593 g/mol. The lowest BCUT2D eigenvalue weighted by molar-refractivity contribution is -0.385. The first kappa shape index (κ1) is 24.4. The van der Waals surface area contributed by atoms with Crippen LogP contribution in [0, 0.1) is 17.0 Å². The molecule has 1 heterocycles. The van der Waals surface area contributed by atoms with Gasteiger partial charge in [-0.2, -0.15) is 4.31 Å². The first-order chi connectivity index (χ1) is 14.7. The summed E-state index contributed by atoms with van der Waals surface area (Å²) < 4.78 is 28.9. The number of sulfonamides is 1. The average molecular weight is 596 g/mol. The van der Waals surface area contributed by atoms with Gasteiger partial charge in [0, 0.05) is 54.0 Å². The molecule has 0 radical (unpaired) electrons. The van der Waals surface area contributed by atoms with E-state index in [9.17, 15) is 18.5 Å². The summed E-state index contributed by atoms with van der Waals surface area (Å²) in [6.07, 6.45) is 0.490. The number of anilines is 1. The van der Waals surface area contributed by atoms with Crippen molar-refractivity contribution in [3.8, 4) is 0 Å². The van der Waals surface area contributed by atoms with Crippen molar-refractivity contribution in [3.05, 3.63) is 62.2 Å². The highest BCUT2D eigenvalue weighted by molar-refractivity contribution is 9.09. The highest BCUT2D eigenvalue weighted by Crippen LogP contribution is 2.37. The van der Waals surface area contributed by atoms with Gasteiger partial charge >= 0.3 is 0 Å². The fourth-order valence-electron chi connectivity index (χ4n) is 3.86. The van der Waals surface area contributed by atoms with Crippen LogP contribution in [-0.4, -0.2) is 47.9 Å². The van der Waals surface area contributed by atoms with Crippen LogP contribution < -0.4 is 4.90 Å². The van der Waals surface area contributed by atoms with Gasteiger partial charge in [-0.1, -0.05) is 55.6 Å². The van der Waals surface area contributed by atoms with E-state index in [1.54, 1.807) is 19.1 Å². The van der Waals surface area contributed by atoms with E-state index in [1.165, 1.54) is 16.4 Å². The van der Waals surface area contributed by atoms with Gasteiger partial charge in [0.15, 0.2) is 0 Å². The Balaban J connectivity index is 2.13. The summed E-state index contributed by atoms with van der Waals surface area (Å²) >= 11 is 13.1. The van der Waals surface area contributed by atoms with Crippen LogP contribution in [0.2, 0.25) is 5.02 Å². The molecule has 3 rings (SSSR count). The molecule has 11 heteroatoms. The van der Waals surface area contributed by atoms with Gasteiger partial charge in [-0.3, -0.25) is 10.1 Å². The Morgan fingerprint density at radius 3 is 2.52 bits per heavy atom. The van der Waals surface area contributed by atoms with Gasteiger partial charge in [0.2, 0.25) is 10.0 Å². The number of nitro benzene ring substituents is 1. The maximum atomic E-state index is 13.8. The largest absolute Gasteiger partial charge is 0.369 e. The number of hydrogen-bond donors (Lipinski definition) is 0. The van der Waals surface area contributed by atoms with Crippen molar-refractivity contribution in [1.82, 2.24) is 4.31 Å². The van der Waals surface area contributed by atoms with Crippen molar-refractivity contribution in [2.75, 3.05) is 35.2 Å². The second-order valence-electron chi connectivity index (χ2n) is 7.20. The van der Waals surface area contributed by atoms with E-state index in [1.807, 2.05) is 11.0 Å². The topological polar surface area (TPSA) is 83.8 Å². The van der Waals surface area contributed by atoms with Crippen LogP contribution in [0.3, 0.4) is 0 Å². The van der Waals surface area contributed by atoms with Gasteiger partial charge in [-0.05, 0) is 36.1 Å². The minimum atomic E-state index is -3.99. The Bertz CT molecular complexity index is 1090. The van der Waals surface area contributed by atoms with Crippen LogP contribution in [-0.2, 0) is 23.0 Å². The molecule has 0 saturated heterocycles. The van der Waals surface area contributed by atoms with Crippen LogP contribution in [0.15, 0.2) is 35.2 Å². The number of non-ortho nitro benzene ring substituents is 1. The number of fused-ring (bicyclic) bond motifs is 1. The summed E-state index contributed by atoms with van der Waals surface area (Å²) in [6.45, 7) is 3.27. The predicted molar refractivity (Wildman–Crippen MR) is 130 cm³/mol. The van der Waals surface area contributed by atoms with Crippen molar-refractivity contribution in [2.24, 2.45) is 0 Å². The quantitative estimate of drug-likeness (QED) is 0.246. The molecule has 0 fully saturated rings. The number of aryl methyl sites for hydroxylation is 1. The molecule has 0 saturated carbocycles. The molecule has 168 valence electrons. The Morgan fingerprint density at radius 2 is 1.90 bits per heavy atom. The highest BCUT2D eigenvalue weighted by atomic mass is 79.9.